The number of anilines is 2. The van der Waals surface area contributed by atoms with E-state index in [-0.39, 0.29) is 30.2 Å². The van der Waals surface area contributed by atoms with E-state index in [1.165, 1.54) is 18.9 Å². The third-order valence-corrected chi connectivity index (χ3v) is 4.00. The van der Waals surface area contributed by atoms with Gasteiger partial charge in [-0.05, 0) is 31.0 Å². The summed E-state index contributed by atoms with van der Waals surface area (Å²) in [6.45, 7) is 1.77. The van der Waals surface area contributed by atoms with Crippen LogP contribution in [0, 0.1) is 0 Å². The zero-order valence-corrected chi connectivity index (χ0v) is 15.0. The van der Waals surface area contributed by atoms with Crippen LogP contribution in [0.25, 0.3) is 0 Å². The zero-order valence-electron chi connectivity index (χ0n) is 15.0. The fraction of sp³-hybridized carbons (Fsp3) is 0.444. The predicted molar refractivity (Wildman–Crippen MR) is 95.8 cm³/mol. The van der Waals surface area contributed by atoms with Gasteiger partial charge in [-0.15, -0.1) is 0 Å². The summed E-state index contributed by atoms with van der Waals surface area (Å²) in [6.07, 6.45) is 2.44. The number of benzene rings is 1. The fourth-order valence-corrected chi connectivity index (χ4v) is 2.75. The zero-order chi connectivity index (χ0) is 19.1. The molecule has 8 heteroatoms. The average Bonchev–Trinajstić information content (AvgIpc) is 2.71. The van der Waals surface area contributed by atoms with E-state index in [0.717, 1.165) is 6.42 Å². The number of amides is 3. The smallest absolute Gasteiger partial charge is 0.305 e. The summed E-state index contributed by atoms with van der Waals surface area (Å²) < 4.78 is 4.59. The van der Waals surface area contributed by atoms with E-state index < -0.39 is 0 Å². The Balaban J connectivity index is 2.03. The van der Waals surface area contributed by atoms with Gasteiger partial charge in [-0.25, -0.2) is 0 Å². The predicted octanol–water partition coefficient (Wildman–Crippen LogP) is 1.77. The normalized spacial score (nSPS) is 13.5. The minimum absolute atomic E-state index is 0.0278. The number of hydrogen-bond acceptors (Lipinski definition) is 5. The summed E-state index contributed by atoms with van der Waals surface area (Å²) in [5.41, 5.74) is 1.28. The van der Waals surface area contributed by atoms with Gasteiger partial charge in [-0.1, -0.05) is 6.42 Å². The highest BCUT2D eigenvalue weighted by molar-refractivity contribution is 6.09. The first kappa shape index (κ1) is 19.4. The molecule has 1 aliphatic rings. The van der Waals surface area contributed by atoms with Crippen molar-refractivity contribution in [2.24, 2.45) is 0 Å². The van der Waals surface area contributed by atoms with Crippen molar-refractivity contribution < 1.29 is 23.9 Å². The second-order valence-electron chi connectivity index (χ2n) is 6.10. The third kappa shape index (κ3) is 5.30. The Morgan fingerprint density at radius 3 is 2.69 bits per heavy atom. The number of nitrogens with zero attached hydrogens (tertiary/aromatic N) is 1. The lowest BCUT2D eigenvalue weighted by molar-refractivity contribution is -0.140. The molecule has 0 unspecified atom stereocenters. The topological polar surface area (TPSA) is 105 Å². The van der Waals surface area contributed by atoms with Crippen LogP contribution in [-0.2, 0) is 19.1 Å². The SMILES string of the molecule is COC(=O)CCCCCN1CC(=O)Nc2ccc(NC(C)=O)cc2C1=O. The van der Waals surface area contributed by atoms with Gasteiger partial charge >= 0.3 is 5.97 Å². The van der Waals surface area contributed by atoms with Crippen LogP contribution >= 0.6 is 0 Å². The van der Waals surface area contributed by atoms with E-state index >= 15 is 0 Å². The molecule has 0 radical (unpaired) electrons. The second kappa shape index (κ2) is 8.98. The van der Waals surface area contributed by atoms with Crippen molar-refractivity contribution in [1.29, 1.82) is 0 Å². The lowest BCUT2D eigenvalue weighted by atomic mass is 10.1. The molecule has 3 amide bonds. The minimum atomic E-state index is -0.265. The third-order valence-electron chi connectivity index (χ3n) is 4.00. The van der Waals surface area contributed by atoms with E-state index in [0.29, 0.717) is 42.7 Å². The van der Waals surface area contributed by atoms with Gasteiger partial charge in [0.1, 0.15) is 6.54 Å². The van der Waals surface area contributed by atoms with Crippen molar-refractivity contribution >= 4 is 35.1 Å². The number of methoxy groups -OCH3 is 1. The molecule has 2 rings (SSSR count). The summed E-state index contributed by atoms with van der Waals surface area (Å²) in [4.78, 5) is 48.6. The van der Waals surface area contributed by atoms with Crippen molar-refractivity contribution in [3.63, 3.8) is 0 Å². The van der Waals surface area contributed by atoms with Crippen molar-refractivity contribution in [2.45, 2.75) is 32.6 Å². The Morgan fingerprint density at radius 1 is 1.23 bits per heavy atom. The number of hydrogen-bond donors (Lipinski definition) is 2. The number of ether oxygens (including phenoxy) is 1. The lowest BCUT2D eigenvalue weighted by Gasteiger charge is -2.19. The maximum absolute atomic E-state index is 12.8. The van der Waals surface area contributed by atoms with Crippen molar-refractivity contribution in [3.8, 4) is 0 Å². The summed E-state index contributed by atoms with van der Waals surface area (Å²) >= 11 is 0. The van der Waals surface area contributed by atoms with Crippen LogP contribution < -0.4 is 10.6 Å². The second-order valence-corrected chi connectivity index (χ2v) is 6.10. The Morgan fingerprint density at radius 2 is 2.00 bits per heavy atom. The van der Waals surface area contributed by atoms with Crippen molar-refractivity contribution in [3.05, 3.63) is 23.8 Å². The van der Waals surface area contributed by atoms with Gasteiger partial charge in [0.05, 0.1) is 18.4 Å². The molecule has 0 aromatic heterocycles. The van der Waals surface area contributed by atoms with Crippen LogP contribution in [0.4, 0.5) is 11.4 Å². The number of esters is 1. The van der Waals surface area contributed by atoms with Crippen LogP contribution in [0.1, 0.15) is 43.0 Å². The summed E-state index contributed by atoms with van der Waals surface area (Å²) in [5.74, 6) is -1.02. The van der Waals surface area contributed by atoms with Crippen molar-refractivity contribution in [2.75, 3.05) is 30.8 Å². The van der Waals surface area contributed by atoms with E-state index in [2.05, 4.69) is 15.4 Å². The average molecular weight is 361 g/mol. The Hall–Kier alpha value is -2.90. The number of unbranched alkanes of at least 4 members (excludes halogenated alkanes) is 2. The molecule has 1 heterocycles. The van der Waals surface area contributed by atoms with Crippen molar-refractivity contribution in [1.82, 2.24) is 4.90 Å². The van der Waals surface area contributed by atoms with Gasteiger partial charge in [0.15, 0.2) is 0 Å². The maximum Gasteiger partial charge on any atom is 0.305 e. The summed E-state index contributed by atoms with van der Waals surface area (Å²) in [7, 11) is 1.35. The highest BCUT2D eigenvalue weighted by Crippen LogP contribution is 2.25. The number of carbonyl (C=O) groups is 4. The van der Waals surface area contributed by atoms with Gasteiger partial charge in [-0.3, -0.25) is 19.2 Å². The Bertz CT molecular complexity index is 717. The Labute approximate surface area is 151 Å². The molecule has 0 bridgehead atoms. The molecule has 0 aliphatic carbocycles. The van der Waals surface area contributed by atoms with E-state index in [4.69, 9.17) is 0 Å². The van der Waals surface area contributed by atoms with Crippen LogP contribution in [0.15, 0.2) is 18.2 Å². The van der Waals surface area contributed by atoms with Gasteiger partial charge < -0.3 is 20.3 Å². The van der Waals surface area contributed by atoms with Crippen LogP contribution in [-0.4, -0.2) is 48.8 Å². The summed E-state index contributed by atoms with van der Waals surface area (Å²) in [6, 6.07) is 4.81. The number of fused-ring (bicyclic) bond motifs is 1. The van der Waals surface area contributed by atoms with Gasteiger partial charge in [0.25, 0.3) is 5.91 Å². The largest absolute Gasteiger partial charge is 0.469 e. The molecule has 0 saturated heterocycles. The van der Waals surface area contributed by atoms with Gasteiger partial charge in [-0.2, -0.15) is 0 Å². The Kier molecular flexibility index (Phi) is 6.71. The van der Waals surface area contributed by atoms with Gasteiger partial charge in [0.2, 0.25) is 11.8 Å². The molecule has 0 fully saturated rings. The molecule has 0 atom stereocenters. The molecule has 26 heavy (non-hydrogen) atoms. The molecule has 0 spiro atoms. The highest BCUT2D eigenvalue weighted by Gasteiger charge is 2.26. The van der Waals surface area contributed by atoms with E-state index in [1.807, 2.05) is 0 Å². The van der Waals surface area contributed by atoms with Crippen LogP contribution in [0.5, 0.6) is 0 Å². The number of carbonyl (C=O) groups excluding carboxylic acids is 4. The quantitative estimate of drug-likeness (QED) is 0.569. The minimum Gasteiger partial charge on any atom is -0.469 e. The lowest BCUT2D eigenvalue weighted by Crippen LogP contribution is -2.35. The fourth-order valence-electron chi connectivity index (χ4n) is 2.75. The standard InChI is InChI=1S/C18H23N3O5/c1-12(22)19-13-7-8-15-14(10-13)18(25)21(11-16(23)20-15)9-5-3-4-6-17(24)26-2/h7-8,10H,3-6,9,11H2,1-2H3,(H,19,22)(H,20,23). The van der Waals surface area contributed by atoms with Crippen LogP contribution in [0.2, 0.25) is 0 Å². The monoisotopic (exact) mass is 361 g/mol. The molecule has 1 aliphatic heterocycles. The van der Waals surface area contributed by atoms with Crippen LogP contribution in [0.3, 0.4) is 0 Å². The molecule has 1 aromatic carbocycles. The molecular formula is C18H23N3O5. The first-order valence-corrected chi connectivity index (χ1v) is 8.48. The highest BCUT2D eigenvalue weighted by atomic mass is 16.5. The molecule has 0 saturated carbocycles. The van der Waals surface area contributed by atoms with Gasteiger partial charge in [0, 0.05) is 25.6 Å². The molecule has 1 aromatic rings. The molecule has 2 N–H and O–H groups in total. The molecular weight excluding hydrogens is 338 g/mol. The number of nitrogens with one attached hydrogen (secondary N) is 2. The first-order chi connectivity index (χ1) is 12.4. The van der Waals surface area contributed by atoms with E-state index in [9.17, 15) is 19.2 Å². The first-order valence-electron chi connectivity index (χ1n) is 8.48. The maximum atomic E-state index is 12.8. The molecule has 140 valence electrons. The number of rotatable bonds is 7. The molecule has 8 nitrogen and oxygen atoms in total. The summed E-state index contributed by atoms with van der Waals surface area (Å²) in [5, 5.41) is 5.34. The van der Waals surface area contributed by atoms with E-state index in [1.54, 1.807) is 18.2 Å².